The van der Waals surface area contributed by atoms with Crippen LogP contribution in [0.25, 0.3) is 0 Å². The molecule has 1 rings (SSSR count). The molecule has 0 saturated carbocycles. The third kappa shape index (κ3) is 3.89. The molecular formula is C10H13NO3S. The lowest BCUT2D eigenvalue weighted by atomic mass is 10.2. The molecule has 1 heterocycles. The molecule has 5 heteroatoms. The minimum atomic E-state index is -0.999. The van der Waals surface area contributed by atoms with E-state index in [1.807, 2.05) is 0 Å². The van der Waals surface area contributed by atoms with Crippen LogP contribution in [0.1, 0.15) is 24.2 Å². The van der Waals surface area contributed by atoms with Crippen LogP contribution in [0.3, 0.4) is 0 Å². The molecule has 0 aliphatic carbocycles. The first-order valence-electron chi connectivity index (χ1n) is 4.43. The average Bonchev–Trinajstić information content (AvgIpc) is 2.14. The summed E-state index contributed by atoms with van der Waals surface area (Å²) in [5, 5.41) is 18.8. The van der Waals surface area contributed by atoms with E-state index in [2.05, 4.69) is 4.98 Å². The second kappa shape index (κ2) is 4.63. The summed E-state index contributed by atoms with van der Waals surface area (Å²) in [6.45, 7) is 3.34. The largest absolute Gasteiger partial charge is 0.478 e. The normalized spacial score (nSPS) is 11.4. The van der Waals surface area contributed by atoms with Crippen LogP contribution in [0.15, 0.2) is 23.4 Å². The Morgan fingerprint density at radius 3 is 2.80 bits per heavy atom. The molecule has 15 heavy (non-hydrogen) atoms. The van der Waals surface area contributed by atoms with E-state index < -0.39 is 11.6 Å². The number of nitrogens with zero attached hydrogens (tertiary/aromatic N) is 1. The molecule has 0 radical (unpaired) electrons. The summed E-state index contributed by atoms with van der Waals surface area (Å²) in [5.74, 6) is -0.592. The van der Waals surface area contributed by atoms with E-state index in [1.54, 1.807) is 26.1 Å². The standard InChI is InChI=1S/C10H13NO3S/c1-10(2,14)6-15-8-7(9(12)13)4-3-5-11-8/h3-5,14H,6H2,1-2H3,(H,12,13). The number of hydrogen-bond donors (Lipinski definition) is 2. The van der Waals surface area contributed by atoms with Crippen LogP contribution in [-0.2, 0) is 0 Å². The maximum atomic E-state index is 10.8. The van der Waals surface area contributed by atoms with Crippen LogP contribution < -0.4 is 0 Å². The highest BCUT2D eigenvalue weighted by Gasteiger charge is 2.17. The van der Waals surface area contributed by atoms with Crippen molar-refractivity contribution < 1.29 is 15.0 Å². The number of carboxylic acid groups (broad SMARTS) is 1. The van der Waals surface area contributed by atoms with Crippen LogP contribution in [-0.4, -0.2) is 32.5 Å². The van der Waals surface area contributed by atoms with Crippen LogP contribution in [0.5, 0.6) is 0 Å². The van der Waals surface area contributed by atoms with Crippen molar-refractivity contribution >= 4 is 17.7 Å². The van der Waals surface area contributed by atoms with E-state index in [-0.39, 0.29) is 5.56 Å². The molecule has 0 amide bonds. The molecule has 0 aliphatic rings. The number of carbonyl (C=O) groups is 1. The number of carboxylic acids is 1. The quantitative estimate of drug-likeness (QED) is 0.765. The SMILES string of the molecule is CC(C)(O)CSc1ncccc1C(=O)O. The van der Waals surface area contributed by atoms with Crippen molar-refractivity contribution in [3.8, 4) is 0 Å². The fourth-order valence-corrected chi connectivity index (χ4v) is 1.85. The summed E-state index contributed by atoms with van der Waals surface area (Å²) in [7, 11) is 0. The van der Waals surface area contributed by atoms with Gasteiger partial charge in [-0.3, -0.25) is 0 Å². The van der Waals surface area contributed by atoms with E-state index >= 15 is 0 Å². The van der Waals surface area contributed by atoms with E-state index in [0.29, 0.717) is 10.8 Å². The number of hydrogen-bond acceptors (Lipinski definition) is 4. The maximum Gasteiger partial charge on any atom is 0.338 e. The molecule has 0 fully saturated rings. The van der Waals surface area contributed by atoms with Gasteiger partial charge in [-0.2, -0.15) is 0 Å². The zero-order chi connectivity index (χ0) is 11.5. The first-order chi connectivity index (χ1) is 6.90. The summed E-state index contributed by atoms with van der Waals surface area (Å²) >= 11 is 1.24. The lowest BCUT2D eigenvalue weighted by Crippen LogP contribution is -2.22. The van der Waals surface area contributed by atoms with Gasteiger partial charge >= 0.3 is 5.97 Å². The summed E-state index contributed by atoms with van der Waals surface area (Å²) in [6.07, 6.45) is 1.54. The van der Waals surface area contributed by atoms with E-state index in [1.165, 1.54) is 17.8 Å². The topological polar surface area (TPSA) is 70.4 Å². The van der Waals surface area contributed by atoms with Gasteiger partial charge in [0.05, 0.1) is 11.2 Å². The minimum absolute atomic E-state index is 0.173. The Labute approximate surface area is 92.3 Å². The van der Waals surface area contributed by atoms with E-state index in [9.17, 15) is 9.90 Å². The highest BCUT2D eigenvalue weighted by Crippen LogP contribution is 2.23. The molecule has 1 aromatic heterocycles. The molecule has 4 nitrogen and oxygen atoms in total. The highest BCUT2D eigenvalue weighted by molar-refractivity contribution is 7.99. The predicted octanol–water partition coefficient (Wildman–Crippen LogP) is 1.64. The summed E-state index contributed by atoms with van der Waals surface area (Å²) < 4.78 is 0. The van der Waals surface area contributed by atoms with Crippen molar-refractivity contribution in [3.05, 3.63) is 23.9 Å². The lowest BCUT2D eigenvalue weighted by Gasteiger charge is -2.16. The van der Waals surface area contributed by atoms with Crippen molar-refractivity contribution in [1.29, 1.82) is 0 Å². The monoisotopic (exact) mass is 227 g/mol. The van der Waals surface area contributed by atoms with Crippen molar-refractivity contribution in [2.75, 3.05) is 5.75 Å². The van der Waals surface area contributed by atoms with Gasteiger partial charge in [-0.15, -0.1) is 11.8 Å². The van der Waals surface area contributed by atoms with Gasteiger partial charge in [0.15, 0.2) is 0 Å². The molecule has 82 valence electrons. The second-order valence-electron chi connectivity index (χ2n) is 3.76. The molecule has 0 aliphatic heterocycles. The fraction of sp³-hybridized carbons (Fsp3) is 0.400. The van der Waals surface area contributed by atoms with Crippen molar-refractivity contribution in [2.24, 2.45) is 0 Å². The molecule has 0 spiro atoms. The van der Waals surface area contributed by atoms with Crippen molar-refractivity contribution in [1.82, 2.24) is 4.98 Å². The Morgan fingerprint density at radius 2 is 2.27 bits per heavy atom. The maximum absolute atomic E-state index is 10.8. The van der Waals surface area contributed by atoms with Crippen molar-refractivity contribution in [2.45, 2.75) is 24.5 Å². The summed E-state index contributed by atoms with van der Waals surface area (Å²) in [5.41, 5.74) is -0.662. The van der Waals surface area contributed by atoms with Gasteiger partial charge in [-0.1, -0.05) is 0 Å². The Kier molecular flexibility index (Phi) is 3.71. The van der Waals surface area contributed by atoms with Crippen molar-refractivity contribution in [3.63, 3.8) is 0 Å². The van der Waals surface area contributed by atoms with Crippen LogP contribution >= 0.6 is 11.8 Å². The molecule has 0 saturated heterocycles. The number of aromatic nitrogens is 1. The Morgan fingerprint density at radius 1 is 1.60 bits per heavy atom. The minimum Gasteiger partial charge on any atom is -0.478 e. The number of aromatic carboxylic acids is 1. The van der Waals surface area contributed by atoms with Gasteiger partial charge < -0.3 is 10.2 Å². The Balaban J connectivity index is 2.81. The van der Waals surface area contributed by atoms with Gasteiger partial charge in [0.25, 0.3) is 0 Å². The molecule has 1 aromatic rings. The Bertz CT molecular complexity index is 360. The predicted molar refractivity (Wildman–Crippen MR) is 58.2 cm³/mol. The molecular weight excluding hydrogens is 214 g/mol. The van der Waals surface area contributed by atoms with E-state index in [0.717, 1.165) is 0 Å². The summed E-state index contributed by atoms with van der Waals surface area (Å²) in [6, 6.07) is 3.08. The number of thioether (sulfide) groups is 1. The van der Waals surface area contributed by atoms with Gasteiger partial charge in [0.1, 0.15) is 5.03 Å². The zero-order valence-corrected chi connectivity index (χ0v) is 9.41. The lowest BCUT2D eigenvalue weighted by molar-refractivity contribution is 0.0691. The van der Waals surface area contributed by atoms with Crippen LogP contribution in [0.2, 0.25) is 0 Å². The number of aliphatic hydroxyl groups is 1. The molecule has 0 bridgehead atoms. The molecule has 0 aromatic carbocycles. The van der Waals surface area contributed by atoms with Gasteiger partial charge in [-0.05, 0) is 26.0 Å². The zero-order valence-electron chi connectivity index (χ0n) is 8.60. The van der Waals surface area contributed by atoms with Crippen LogP contribution in [0, 0.1) is 0 Å². The molecule has 0 unspecified atom stereocenters. The summed E-state index contributed by atoms with van der Waals surface area (Å²) in [4.78, 5) is 14.8. The molecule has 2 N–H and O–H groups in total. The number of pyridine rings is 1. The smallest absolute Gasteiger partial charge is 0.338 e. The molecule has 0 atom stereocenters. The third-order valence-electron chi connectivity index (χ3n) is 1.56. The van der Waals surface area contributed by atoms with Gasteiger partial charge in [-0.25, -0.2) is 9.78 Å². The average molecular weight is 227 g/mol. The fourth-order valence-electron chi connectivity index (χ4n) is 0.914. The first-order valence-corrected chi connectivity index (χ1v) is 5.42. The van der Waals surface area contributed by atoms with E-state index in [4.69, 9.17) is 5.11 Å². The highest BCUT2D eigenvalue weighted by atomic mass is 32.2. The number of rotatable bonds is 4. The van der Waals surface area contributed by atoms with Gasteiger partial charge in [0.2, 0.25) is 0 Å². The Hall–Kier alpha value is -1.07. The van der Waals surface area contributed by atoms with Gasteiger partial charge in [0, 0.05) is 11.9 Å². The third-order valence-corrected chi connectivity index (χ3v) is 3.01. The second-order valence-corrected chi connectivity index (χ2v) is 4.73. The first kappa shape index (κ1) is 12.0. The van der Waals surface area contributed by atoms with Crippen LogP contribution in [0.4, 0.5) is 0 Å².